The van der Waals surface area contributed by atoms with Crippen LogP contribution in [0.4, 0.5) is 0 Å². The van der Waals surface area contributed by atoms with Crippen LogP contribution in [0, 0.1) is 22.0 Å². The van der Waals surface area contributed by atoms with E-state index in [0.29, 0.717) is 63.4 Å². The van der Waals surface area contributed by atoms with Crippen molar-refractivity contribution < 1.29 is 53.1 Å². The van der Waals surface area contributed by atoms with Gasteiger partial charge in [0, 0.05) is 30.6 Å². The topological polar surface area (TPSA) is 165 Å². The summed E-state index contributed by atoms with van der Waals surface area (Å²) in [5, 5.41) is 30.6. The number of carbonyl (C=O) groups excluding carboxylic acids is 1. The third kappa shape index (κ3) is 13.2. The molecule has 2 bridgehead atoms. The van der Waals surface area contributed by atoms with Gasteiger partial charge in [-0.15, -0.1) is 0 Å². The van der Waals surface area contributed by atoms with Crippen LogP contribution in [0.1, 0.15) is 105 Å². The first kappa shape index (κ1) is 42.9. The Kier molecular flexibility index (Phi) is 17.1. The van der Waals surface area contributed by atoms with Crippen LogP contribution in [0.5, 0.6) is 0 Å². The van der Waals surface area contributed by atoms with Gasteiger partial charge in [0.05, 0.1) is 68.7 Å². The molecule has 0 aromatic carbocycles. The molecule has 13 nitrogen and oxygen atoms in total. The molecule has 6 rings (SSSR count). The number of aliphatic hydroxyl groups is 2. The van der Waals surface area contributed by atoms with Gasteiger partial charge in [-0.2, -0.15) is 0 Å². The maximum Gasteiger partial charge on any atom is 0.229 e. The number of hydrogen-bond donors (Lipinski definition) is 2. The number of rotatable bonds is 13. The van der Waals surface area contributed by atoms with E-state index in [0.717, 1.165) is 32.3 Å². The minimum Gasteiger partial charge on any atom is -0.393 e. The highest BCUT2D eigenvalue weighted by molar-refractivity contribution is 5.79. The summed E-state index contributed by atoms with van der Waals surface area (Å²) < 4.78 is 40.4. The molecule has 0 spiro atoms. The van der Waals surface area contributed by atoms with E-state index < -0.39 is 23.7 Å². The molecule has 0 aliphatic carbocycles. The molecule has 6 fully saturated rings. The monoisotopic (exact) mass is 739 g/mol. The molecular formula is C39H65NO12. The van der Waals surface area contributed by atoms with E-state index in [2.05, 4.69) is 40.9 Å². The normalized spacial score (nSPS) is 38.0. The third-order valence-corrected chi connectivity index (χ3v) is 11.1. The Morgan fingerprint density at radius 1 is 0.885 bits per heavy atom. The average Bonchev–Trinajstić information content (AvgIpc) is 3.86. The largest absolute Gasteiger partial charge is 0.393 e. The molecule has 52 heavy (non-hydrogen) atoms. The predicted molar refractivity (Wildman–Crippen MR) is 193 cm³/mol. The second-order valence-electron chi connectivity index (χ2n) is 15.7. The van der Waals surface area contributed by atoms with Crippen LogP contribution in [0.3, 0.4) is 0 Å². The van der Waals surface area contributed by atoms with Crippen LogP contribution >= 0.6 is 0 Å². The Morgan fingerprint density at radius 2 is 1.63 bits per heavy atom. The number of carbonyl (C=O) groups is 1. The van der Waals surface area contributed by atoms with Gasteiger partial charge in [0.15, 0.2) is 6.29 Å². The molecule has 0 aromatic heterocycles. The van der Waals surface area contributed by atoms with Crippen LogP contribution in [-0.2, 0) is 38.0 Å². The SMILES string of the molecule is C=C1C(C)CC(CC)OC1C.C=C1COC(CC)C1.CC1OC2C[C@H]3OCC(CCC(O)CC(=O)CC4CO[C@H](CC(O)C[N+](=O)[O-])C4)OC1C2O3. The molecule has 6 heterocycles. The Balaban J connectivity index is 0.000000258. The minimum atomic E-state index is -1.05. The first-order chi connectivity index (χ1) is 24.7. The lowest BCUT2D eigenvalue weighted by molar-refractivity contribution is -0.490. The second-order valence-corrected chi connectivity index (χ2v) is 15.7. The Morgan fingerprint density at radius 3 is 2.27 bits per heavy atom. The van der Waals surface area contributed by atoms with Gasteiger partial charge in [0.2, 0.25) is 6.54 Å². The van der Waals surface area contributed by atoms with Gasteiger partial charge < -0.3 is 43.4 Å². The Hall–Kier alpha value is -1.81. The lowest BCUT2D eigenvalue weighted by Crippen LogP contribution is -2.41. The number of Topliss-reactive ketones (excluding diaryl/α,β-unsaturated/α-hetero) is 1. The zero-order chi connectivity index (χ0) is 37.9. The molecule has 12 unspecified atom stereocenters. The lowest BCUT2D eigenvalue weighted by Gasteiger charge is -2.33. The fourth-order valence-corrected chi connectivity index (χ4v) is 7.97. The summed E-state index contributed by atoms with van der Waals surface area (Å²) in [7, 11) is 0. The van der Waals surface area contributed by atoms with E-state index in [1.54, 1.807) is 0 Å². The fourth-order valence-electron chi connectivity index (χ4n) is 7.97. The summed E-state index contributed by atoms with van der Waals surface area (Å²) >= 11 is 0. The van der Waals surface area contributed by atoms with Crippen LogP contribution in [-0.4, -0.2) is 121 Å². The molecule has 298 valence electrons. The van der Waals surface area contributed by atoms with E-state index in [9.17, 15) is 25.1 Å². The summed E-state index contributed by atoms with van der Waals surface area (Å²) in [4.78, 5) is 22.4. The smallest absolute Gasteiger partial charge is 0.229 e. The number of fused-ring (bicyclic) bond motifs is 1. The average molecular weight is 740 g/mol. The van der Waals surface area contributed by atoms with Crippen molar-refractivity contribution in [2.24, 2.45) is 11.8 Å². The maximum atomic E-state index is 12.4. The zero-order valence-electron chi connectivity index (χ0n) is 32.0. The highest BCUT2D eigenvalue weighted by atomic mass is 16.7. The van der Waals surface area contributed by atoms with Gasteiger partial charge in [-0.05, 0) is 81.8 Å². The lowest BCUT2D eigenvalue weighted by atomic mass is 9.89. The molecule has 13 heteroatoms. The Bertz CT molecular complexity index is 1150. The standard InChI is InChI=1S/C22H35NO10.C10H18O.C7H12O/c1-12-21-22-19(31-12)8-20(33-22)30-11-17(32-21)3-2-14(24)6-15(25)4-13-5-18(29-10-13)7-16(26)9-23(27)28;1-5-10-6-7(2)8(3)9(4)11-10;1-3-7-4-6(2)5-8-7/h12-14,16-22,24,26H,2-11H2,1H3;7,9-10H,3,5-6H2,1-2,4H3;7H,2-5H2,1H3/t12?,13?,14?,16?,17?,18-,19?,20-,21?,22?;;/m0../s1. The number of aliphatic hydroxyl groups excluding tert-OH is 2. The van der Waals surface area contributed by atoms with Crippen molar-refractivity contribution in [3.05, 3.63) is 34.4 Å². The van der Waals surface area contributed by atoms with Gasteiger partial charge in [0.1, 0.15) is 24.1 Å². The van der Waals surface area contributed by atoms with E-state index in [1.807, 2.05) is 6.92 Å². The highest BCUT2D eigenvalue weighted by Gasteiger charge is 2.52. The molecule has 14 atom stereocenters. The summed E-state index contributed by atoms with van der Waals surface area (Å²) in [6.45, 7) is 19.5. The minimum absolute atomic E-state index is 0.00659. The number of ether oxygens (including phenoxy) is 7. The van der Waals surface area contributed by atoms with E-state index in [4.69, 9.17) is 33.2 Å². The molecule has 0 saturated carbocycles. The van der Waals surface area contributed by atoms with E-state index >= 15 is 0 Å². The maximum absolute atomic E-state index is 12.4. The van der Waals surface area contributed by atoms with Crippen LogP contribution in [0.15, 0.2) is 24.3 Å². The van der Waals surface area contributed by atoms with Crippen molar-refractivity contribution >= 4 is 5.78 Å². The summed E-state index contributed by atoms with van der Waals surface area (Å²) in [6, 6.07) is 0. The molecule has 0 aromatic rings. The van der Waals surface area contributed by atoms with Gasteiger partial charge in [0.25, 0.3) is 0 Å². The van der Waals surface area contributed by atoms with Gasteiger partial charge in [-0.1, -0.05) is 33.9 Å². The predicted octanol–water partition coefficient (Wildman–Crippen LogP) is 5.10. The van der Waals surface area contributed by atoms with Crippen molar-refractivity contribution in [1.82, 2.24) is 0 Å². The van der Waals surface area contributed by atoms with Crippen molar-refractivity contribution in [3.63, 3.8) is 0 Å². The molecule has 6 aliphatic heterocycles. The quantitative estimate of drug-likeness (QED) is 0.146. The number of ketones is 1. The Labute approximate surface area is 309 Å². The summed E-state index contributed by atoms with van der Waals surface area (Å²) in [5.74, 6) is 0.611. The van der Waals surface area contributed by atoms with Gasteiger partial charge >= 0.3 is 0 Å². The van der Waals surface area contributed by atoms with E-state index in [1.165, 1.54) is 11.1 Å². The summed E-state index contributed by atoms with van der Waals surface area (Å²) in [6.07, 6.45) is 5.68. The molecule has 6 aliphatic rings. The summed E-state index contributed by atoms with van der Waals surface area (Å²) in [5.41, 5.74) is 2.51. The van der Waals surface area contributed by atoms with Crippen molar-refractivity contribution in [1.29, 1.82) is 0 Å². The number of hydrogen-bond acceptors (Lipinski definition) is 12. The second kappa shape index (κ2) is 20.8. The molecule has 2 N–H and O–H groups in total. The van der Waals surface area contributed by atoms with Crippen LogP contribution in [0.2, 0.25) is 0 Å². The van der Waals surface area contributed by atoms with Gasteiger partial charge in [-0.3, -0.25) is 14.9 Å². The molecular weight excluding hydrogens is 674 g/mol. The number of nitro groups is 1. The van der Waals surface area contributed by atoms with E-state index in [-0.39, 0.29) is 73.6 Å². The third-order valence-electron chi connectivity index (χ3n) is 11.1. The van der Waals surface area contributed by atoms with Crippen LogP contribution < -0.4 is 0 Å². The zero-order valence-corrected chi connectivity index (χ0v) is 32.0. The van der Waals surface area contributed by atoms with Crippen LogP contribution in [0.25, 0.3) is 0 Å². The first-order valence-electron chi connectivity index (χ1n) is 19.6. The highest BCUT2D eigenvalue weighted by Crippen LogP contribution is 2.39. The number of nitrogens with zero attached hydrogens (tertiary/aromatic N) is 1. The first-order valence-corrected chi connectivity index (χ1v) is 19.6. The van der Waals surface area contributed by atoms with Crippen molar-refractivity contribution in [2.75, 3.05) is 26.4 Å². The van der Waals surface area contributed by atoms with Crippen molar-refractivity contribution in [3.8, 4) is 0 Å². The molecule has 6 saturated heterocycles. The van der Waals surface area contributed by atoms with Crippen molar-refractivity contribution in [2.45, 2.75) is 179 Å². The molecule has 0 radical (unpaired) electrons. The fraction of sp³-hybridized carbons (Fsp3) is 0.872. The molecule has 0 amide bonds. The van der Waals surface area contributed by atoms with Gasteiger partial charge in [-0.25, -0.2) is 0 Å².